The standard InChI is InChI=1S/C29H36N4O3/c1-3-36-23-17-15-21(16-18-23)19-33-27(34)26-31-24-13-9-10-14-25(24)32(26)20-29(33,2)28(35)30-22-11-7-5-4-6-8-12-22/h9-10,13-18,22H,3-8,11-12,19-20H2,1-2H3,(H,30,35)/t29-/m1/s1. The molecule has 190 valence electrons. The molecule has 1 aliphatic carbocycles. The Bertz CT molecular complexity index is 1230. The minimum atomic E-state index is -1.05. The van der Waals surface area contributed by atoms with E-state index in [9.17, 15) is 9.59 Å². The molecule has 0 bridgehead atoms. The highest BCUT2D eigenvalue weighted by Gasteiger charge is 2.48. The molecule has 0 saturated heterocycles. The monoisotopic (exact) mass is 488 g/mol. The van der Waals surface area contributed by atoms with Gasteiger partial charge in [-0.05, 0) is 56.5 Å². The van der Waals surface area contributed by atoms with Crippen LogP contribution in [-0.4, -0.2) is 44.5 Å². The number of imidazole rings is 1. The third-order valence-electron chi connectivity index (χ3n) is 7.66. The maximum atomic E-state index is 14.0. The van der Waals surface area contributed by atoms with E-state index in [0.717, 1.165) is 48.0 Å². The molecular formula is C29H36N4O3. The number of aromatic nitrogens is 2. The van der Waals surface area contributed by atoms with E-state index in [4.69, 9.17) is 4.74 Å². The molecule has 2 aliphatic rings. The molecule has 1 aliphatic heterocycles. The average Bonchev–Trinajstić information content (AvgIpc) is 3.23. The normalized spacial score (nSPS) is 21.1. The highest BCUT2D eigenvalue weighted by atomic mass is 16.5. The van der Waals surface area contributed by atoms with Crippen molar-refractivity contribution in [1.82, 2.24) is 19.8 Å². The summed E-state index contributed by atoms with van der Waals surface area (Å²) in [7, 11) is 0. The minimum Gasteiger partial charge on any atom is -0.494 e. The van der Waals surface area contributed by atoms with Gasteiger partial charge in [0.05, 0.1) is 24.2 Å². The van der Waals surface area contributed by atoms with Crippen LogP contribution in [0.25, 0.3) is 11.0 Å². The summed E-state index contributed by atoms with van der Waals surface area (Å²) >= 11 is 0. The Morgan fingerprint density at radius 3 is 2.47 bits per heavy atom. The molecule has 1 saturated carbocycles. The van der Waals surface area contributed by atoms with Gasteiger partial charge in [-0.25, -0.2) is 4.98 Å². The smallest absolute Gasteiger partial charge is 0.291 e. The lowest BCUT2D eigenvalue weighted by molar-refractivity contribution is -0.134. The number of nitrogens with one attached hydrogen (secondary N) is 1. The Morgan fingerprint density at radius 2 is 1.75 bits per heavy atom. The van der Waals surface area contributed by atoms with Crippen LogP contribution >= 0.6 is 0 Å². The summed E-state index contributed by atoms with van der Waals surface area (Å²) in [6.45, 7) is 5.13. The van der Waals surface area contributed by atoms with Crippen LogP contribution in [0.15, 0.2) is 48.5 Å². The fourth-order valence-electron chi connectivity index (χ4n) is 5.56. The van der Waals surface area contributed by atoms with Crippen molar-refractivity contribution in [2.24, 2.45) is 0 Å². The first-order valence-electron chi connectivity index (χ1n) is 13.3. The summed E-state index contributed by atoms with van der Waals surface area (Å²) in [6, 6.07) is 15.6. The minimum absolute atomic E-state index is 0.0872. The van der Waals surface area contributed by atoms with Gasteiger partial charge in [-0.2, -0.15) is 0 Å². The molecule has 3 aromatic rings. The predicted molar refractivity (Wildman–Crippen MR) is 140 cm³/mol. The van der Waals surface area contributed by atoms with E-state index in [1.165, 1.54) is 19.3 Å². The number of benzene rings is 2. The Kier molecular flexibility index (Phi) is 6.99. The second-order valence-corrected chi connectivity index (χ2v) is 10.3. The zero-order valence-electron chi connectivity index (χ0n) is 21.3. The van der Waals surface area contributed by atoms with Gasteiger partial charge in [-0.3, -0.25) is 9.59 Å². The van der Waals surface area contributed by atoms with Gasteiger partial charge in [0.1, 0.15) is 11.3 Å². The van der Waals surface area contributed by atoms with Crippen molar-refractivity contribution >= 4 is 22.8 Å². The summed E-state index contributed by atoms with van der Waals surface area (Å²) < 4.78 is 7.50. The van der Waals surface area contributed by atoms with E-state index in [1.54, 1.807) is 4.90 Å². The lowest BCUT2D eigenvalue weighted by Crippen LogP contribution is -2.64. The van der Waals surface area contributed by atoms with Gasteiger partial charge in [0.2, 0.25) is 5.91 Å². The number of ether oxygens (including phenoxy) is 1. The van der Waals surface area contributed by atoms with E-state index in [2.05, 4.69) is 10.3 Å². The lowest BCUT2D eigenvalue weighted by Gasteiger charge is -2.44. The molecule has 1 aromatic heterocycles. The Labute approximate surface area is 212 Å². The molecule has 0 unspecified atom stereocenters. The van der Waals surface area contributed by atoms with E-state index < -0.39 is 5.54 Å². The molecule has 0 spiro atoms. The van der Waals surface area contributed by atoms with Crippen molar-refractivity contribution in [3.05, 3.63) is 59.9 Å². The quantitative estimate of drug-likeness (QED) is 0.525. The fraction of sp³-hybridized carbons (Fsp3) is 0.483. The van der Waals surface area contributed by atoms with E-state index in [0.29, 0.717) is 25.5 Å². The number of amides is 2. The number of carbonyl (C=O) groups excluding carboxylic acids is 2. The first-order chi connectivity index (χ1) is 17.5. The fourth-order valence-corrected chi connectivity index (χ4v) is 5.56. The molecule has 1 fully saturated rings. The van der Waals surface area contributed by atoms with Crippen molar-refractivity contribution in [3.63, 3.8) is 0 Å². The van der Waals surface area contributed by atoms with Crippen molar-refractivity contribution < 1.29 is 14.3 Å². The Morgan fingerprint density at radius 1 is 1.06 bits per heavy atom. The number of fused-ring (bicyclic) bond motifs is 3. The van der Waals surface area contributed by atoms with Gasteiger partial charge >= 0.3 is 0 Å². The van der Waals surface area contributed by atoms with Crippen LogP contribution < -0.4 is 10.1 Å². The predicted octanol–water partition coefficient (Wildman–Crippen LogP) is 5.08. The Hall–Kier alpha value is -3.35. The van der Waals surface area contributed by atoms with Crippen LogP contribution in [0.3, 0.4) is 0 Å². The van der Waals surface area contributed by atoms with Crippen molar-refractivity contribution in [3.8, 4) is 5.75 Å². The molecule has 1 atom stereocenters. The molecule has 2 amide bonds. The molecule has 1 N–H and O–H groups in total. The summed E-state index contributed by atoms with van der Waals surface area (Å²) in [5.41, 5.74) is 1.55. The third-order valence-corrected chi connectivity index (χ3v) is 7.66. The van der Waals surface area contributed by atoms with Gasteiger partial charge in [-0.15, -0.1) is 0 Å². The zero-order chi connectivity index (χ0) is 25.1. The number of nitrogens with zero attached hydrogens (tertiary/aromatic N) is 3. The second kappa shape index (κ2) is 10.3. The van der Waals surface area contributed by atoms with E-state index in [-0.39, 0.29) is 17.9 Å². The molecule has 2 aromatic carbocycles. The summed E-state index contributed by atoms with van der Waals surface area (Å²) in [4.78, 5) is 34.3. The molecule has 7 nitrogen and oxygen atoms in total. The third kappa shape index (κ3) is 4.71. The van der Waals surface area contributed by atoms with Gasteiger partial charge in [0, 0.05) is 12.6 Å². The Balaban J connectivity index is 1.48. The number of rotatable bonds is 6. The molecule has 2 heterocycles. The van der Waals surface area contributed by atoms with E-state index in [1.807, 2.05) is 66.9 Å². The zero-order valence-corrected chi connectivity index (χ0v) is 21.3. The van der Waals surface area contributed by atoms with Crippen LogP contribution in [-0.2, 0) is 17.9 Å². The summed E-state index contributed by atoms with van der Waals surface area (Å²) in [5, 5.41) is 3.34. The highest BCUT2D eigenvalue weighted by molar-refractivity contribution is 6.01. The molecule has 0 radical (unpaired) electrons. The number of carbonyl (C=O) groups is 2. The van der Waals surface area contributed by atoms with Crippen LogP contribution in [0.1, 0.15) is 75.0 Å². The highest BCUT2D eigenvalue weighted by Crippen LogP contribution is 2.32. The summed E-state index contributed by atoms with van der Waals surface area (Å²) in [5.74, 6) is 0.869. The lowest BCUT2D eigenvalue weighted by atomic mass is 9.92. The van der Waals surface area contributed by atoms with Crippen molar-refractivity contribution in [2.45, 2.75) is 83.5 Å². The van der Waals surface area contributed by atoms with Gasteiger partial charge < -0.3 is 19.5 Å². The molecule has 7 heteroatoms. The largest absolute Gasteiger partial charge is 0.494 e. The molecule has 5 rings (SSSR count). The molecule has 36 heavy (non-hydrogen) atoms. The topological polar surface area (TPSA) is 76.5 Å². The van der Waals surface area contributed by atoms with Crippen molar-refractivity contribution in [2.75, 3.05) is 6.61 Å². The van der Waals surface area contributed by atoms with Crippen LogP contribution in [0.2, 0.25) is 0 Å². The van der Waals surface area contributed by atoms with E-state index >= 15 is 0 Å². The van der Waals surface area contributed by atoms with Crippen LogP contribution in [0.5, 0.6) is 5.75 Å². The van der Waals surface area contributed by atoms with Gasteiger partial charge in [-0.1, -0.05) is 56.4 Å². The van der Waals surface area contributed by atoms with Crippen LogP contribution in [0.4, 0.5) is 0 Å². The first-order valence-corrected chi connectivity index (χ1v) is 13.3. The van der Waals surface area contributed by atoms with Crippen LogP contribution in [0, 0.1) is 0 Å². The maximum Gasteiger partial charge on any atom is 0.291 e. The van der Waals surface area contributed by atoms with Crippen molar-refractivity contribution in [1.29, 1.82) is 0 Å². The number of hydrogen-bond donors (Lipinski definition) is 1. The average molecular weight is 489 g/mol. The summed E-state index contributed by atoms with van der Waals surface area (Å²) in [6.07, 6.45) is 7.97. The van der Waals surface area contributed by atoms with Gasteiger partial charge in [0.15, 0.2) is 5.82 Å². The number of hydrogen-bond acceptors (Lipinski definition) is 4. The second-order valence-electron chi connectivity index (χ2n) is 10.3. The molecular weight excluding hydrogens is 452 g/mol. The first kappa shape index (κ1) is 24.3. The number of para-hydroxylation sites is 2. The SMILES string of the molecule is CCOc1ccc(CN2C(=O)c3nc4ccccc4n3C[C@]2(C)C(=O)NC2CCCCCCC2)cc1. The van der Waals surface area contributed by atoms with Gasteiger partial charge in [0.25, 0.3) is 5.91 Å². The maximum absolute atomic E-state index is 14.0.